The molecule has 6 aromatic carbocycles. The molecule has 0 aliphatic heterocycles. The van der Waals surface area contributed by atoms with Crippen LogP contribution in [0.4, 0.5) is 11.4 Å². The lowest BCUT2D eigenvalue weighted by Gasteiger charge is -2.18. The summed E-state index contributed by atoms with van der Waals surface area (Å²) in [6.45, 7) is 4.13. The Morgan fingerprint density at radius 1 is 0.472 bits per heavy atom. The van der Waals surface area contributed by atoms with Crippen molar-refractivity contribution in [2.24, 2.45) is 0 Å². The quantitative estimate of drug-likeness (QED) is 0.0827. The van der Waals surface area contributed by atoms with Crippen LogP contribution in [-0.2, 0) is 58.4 Å². The maximum atomic E-state index is 13.1. The predicted molar refractivity (Wildman–Crippen MR) is 279 cm³/mol. The third-order valence-corrected chi connectivity index (χ3v) is 19.4. The molecule has 2 fully saturated rings. The first-order valence-corrected chi connectivity index (χ1v) is 30.0. The highest BCUT2D eigenvalue weighted by Gasteiger charge is 2.37. The minimum Gasteiger partial charge on any atom is -0.384 e. The zero-order valence-corrected chi connectivity index (χ0v) is 44.1. The molecule has 2 N–H and O–H groups in total. The number of ether oxygens (including phenoxy) is 2. The van der Waals surface area contributed by atoms with E-state index >= 15 is 0 Å². The number of carbonyl (C=O) groups excluding carboxylic acids is 2. The van der Waals surface area contributed by atoms with Gasteiger partial charge in [0, 0.05) is 38.1 Å². The topological polar surface area (TPSA) is 213 Å². The van der Waals surface area contributed by atoms with E-state index in [-0.39, 0.29) is 45.3 Å². The van der Waals surface area contributed by atoms with E-state index in [2.05, 4.69) is 10.6 Å². The Bertz CT molecular complexity index is 3180. The zero-order valence-electron chi connectivity index (χ0n) is 40.8. The summed E-state index contributed by atoms with van der Waals surface area (Å²) < 4.78 is 107. The summed E-state index contributed by atoms with van der Waals surface area (Å²) in [6.07, 6.45) is 5.19. The molecule has 2 atom stereocenters. The van der Waals surface area contributed by atoms with Gasteiger partial charge >= 0.3 is 0 Å². The third-order valence-electron chi connectivity index (χ3n) is 12.6. The molecule has 0 spiro atoms. The van der Waals surface area contributed by atoms with E-state index in [4.69, 9.17) is 9.47 Å². The van der Waals surface area contributed by atoms with Crippen LogP contribution in [0.3, 0.4) is 0 Å². The highest BCUT2D eigenvalue weighted by Crippen LogP contribution is 2.37. The fraction of sp³-hybridized carbons (Fsp3) is 0.296. The van der Waals surface area contributed by atoms with E-state index in [9.17, 15) is 43.3 Å². The van der Waals surface area contributed by atoms with Crippen LogP contribution in [0, 0.1) is 13.8 Å². The Labute approximate surface area is 422 Å². The van der Waals surface area contributed by atoms with Crippen molar-refractivity contribution in [1.82, 2.24) is 0 Å². The van der Waals surface area contributed by atoms with Crippen LogP contribution in [0.1, 0.15) is 59.8 Å². The maximum absolute atomic E-state index is 13.1. The minimum atomic E-state index is -3.33. The van der Waals surface area contributed by atoms with Crippen LogP contribution in [0.2, 0.25) is 0 Å². The average Bonchev–Trinajstić information content (AvgIpc) is 4.27. The number of methoxy groups -OCH3 is 2. The standard InChI is InChI=1S/2C27H29NO6S2/c2*1-18-16-21(8-15-25(18)19-6-11-23(12-7-19)36(32,33)24-13-14-24)28-27(29)26(17-34-2)20-4-9-22(10-5-20)35(3,30)31/h2*4-12,15-16,24,26H,13-14,17H2,1-3H3,(H,28,29)/t2*26-/m10/s1. The highest BCUT2D eigenvalue weighted by atomic mass is 32.2. The molecule has 18 heteroatoms. The third kappa shape index (κ3) is 13.0. The molecule has 0 unspecified atom stereocenters. The summed E-state index contributed by atoms with van der Waals surface area (Å²) in [7, 11) is -10.1. The van der Waals surface area contributed by atoms with Crippen molar-refractivity contribution in [1.29, 1.82) is 0 Å². The highest BCUT2D eigenvalue weighted by molar-refractivity contribution is 7.92. The van der Waals surface area contributed by atoms with Crippen LogP contribution in [0.25, 0.3) is 22.3 Å². The Morgan fingerprint density at radius 3 is 1.04 bits per heavy atom. The van der Waals surface area contributed by atoms with Gasteiger partial charge in [0.2, 0.25) is 11.8 Å². The van der Waals surface area contributed by atoms with Gasteiger partial charge in [-0.15, -0.1) is 0 Å². The number of amides is 2. The Hall–Kier alpha value is -6.02. The molecule has 72 heavy (non-hydrogen) atoms. The predicted octanol–water partition coefficient (Wildman–Crippen LogP) is 8.74. The number of carbonyl (C=O) groups is 2. The first-order valence-electron chi connectivity index (χ1n) is 23.1. The molecule has 0 saturated heterocycles. The van der Waals surface area contributed by atoms with E-state index in [0.29, 0.717) is 32.3 Å². The number of sulfone groups is 4. The summed E-state index contributed by atoms with van der Waals surface area (Å²) in [5, 5.41) is 5.36. The van der Waals surface area contributed by atoms with E-state index in [0.717, 1.165) is 71.6 Å². The normalized spacial score (nSPS) is 14.9. The molecule has 2 aliphatic carbocycles. The number of hydrogen-bond donors (Lipinski definition) is 2. The molecule has 6 aromatic rings. The van der Waals surface area contributed by atoms with Crippen LogP contribution >= 0.6 is 0 Å². The Morgan fingerprint density at radius 2 is 0.778 bits per heavy atom. The summed E-state index contributed by atoms with van der Waals surface area (Å²) >= 11 is 0. The molecule has 380 valence electrons. The van der Waals surface area contributed by atoms with Crippen molar-refractivity contribution >= 4 is 62.5 Å². The largest absolute Gasteiger partial charge is 0.384 e. The zero-order chi connectivity index (χ0) is 52.2. The summed E-state index contributed by atoms with van der Waals surface area (Å²) in [6, 6.07) is 37.4. The van der Waals surface area contributed by atoms with Crippen molar-refractivity contribution in [3.8, 4) is 22.3 Å². The molecule has 2 amide bonds. The number of rotatable bonds is 18. The van der Waals surface area contributed by atoms with E-state index in [1.165, 1.54) is 38.5 Å². The number of benzene rings is 6. The van der Waals surface area contributed by atoms with E-state index in [1.54, 1.807) is 60.7 Å². The second kappa shape index (κ2) is 22.0. The van der Waals surface area contributed by atoms with Crippen LogP contribution in [0.15, 0.2) is 153 Å². The fourth-order valence-electron chi connectivity index (χ4n) is 8.25. The minimum absolute atomic E-state index is 0.136. The molecule has 0 bridgehead atoms. The number of aryl methyl sites for hydroxylation is 2. The Balaban J connectivity index is 0.000000211. The first kappa shape index (κ1) is 53.8. The van der Waals surface area contributed by atoms with Crippen LogP contribution in [-0.4, -0.2) is 95.9 Å². The molecule has 14 nitrogen and oxygen atoms in total. The smallest absolute Gasteiger partial charge is 0.234 e. The summed E-state index contributed by atoms with van der Waals surface area (Å²) in [5.41, 5.74) is 8.03. The monoisotopic (exact) mass is 1050 g/mol. The van der Waals surface area contributed by atoms with Gasteiger partial charge in [-0.05, 0) is 157 Å². The van der Waals surface area contributed by atoms with Gasteiger partial charge in [0.25, 0.3) is 0 Å². The van der Waals surface area contributed by atoms with E-state index < -0.39 is 51.2 Å². The molecular formula is C54H58N2O12S4. The SMILES string of the molecule is COC[C@@H](C(=O)Nc1ccc(-c2ccc(S(=O)(=O)C3CC3)cc2)c(C)c1)c1ccc(S(C)(=O)=O)cc1.COC[C@H](C(=O)Nc1ccc(-c2ccc(S(=O)(=O)C3CC3)cc2)c(C)c1)c1ccc(S(C)(=O)=O)cc1. The summed E-state index contributed by atoms with van der Waals surface area (Å²) in [4.78, 5) is 27.2. The second-order valence-corrected chi connectivity index (χ2v) is 26.8. The van der Waals surface area contributed by atoms with Gasteiger partial charge in [-0.1, -0.05) is 60.7 Å². The van der Waals surface area contributed by atoms with Gasteiger partial charge in [0.1, 0.15) is 0 Å². The first-order chi connectivity index (χ1) is 34.0. The summed E-state index contributed by atoms with van der Waals surface area (Å²) in [5.74, 6) is -1.79. The molecule has 8 rings (SSSR count). The molecule has 2 aliphatic rings. The number of anilines is 2. The van der Waals surface area contributed by atoms with Crippen molar-refractivity contribution in [3.05, 3.63) is 156 Å². The number of hydrogen-bond acceptors (Lipinski definition) is 12. The lowest BCUT2D eigenvalue weighted by atomic mass is 9.98. The molecular weight excluding hydrogens is 997 g/mol. The fourth-order valence-corrected chi connectivity index (χ4v) is 12.8. The molecule has 0 heterocycles. The average molecular weight is 1060 g/mol. The number of nitrogens with one attached hydrogen (secondary N) is 2. The van der Waals surface area contributed by atoms with Gasteiger partial charge in [0.05, 0.1) is 55.1 Å². The van der Waals surface area contributed by atoms with Gasteiger partial charge in [0.15, 0.2) is 39.3 Å². The van der Waals surface area contributed by atoms with Crippen LogP contribution < -0.4 is 10.6 Å². The second-order valence-electron chi connectivity index (χ2n) is 18.3. The van der Waals surface area contributed by atoms with Gasteiger partial charge in [-0.3, -0.25) is 9.59 Å². The molecule has 0 aromatic heterocycles. The molecule has 2 saturated carbocycles. The Kier molecular flexibility index (Phi) is 16.4. The van der Waals surface area contributed by atoms with E-state index in [1.807, 2.05) is 62.4 Å². The van der Waals surface area contributed by atoms with Crippen molar-refractivity contribution in [2.45, 2.75) is 81.4 Å². The lowest BCUT2D eigenvalue weighted by Crippen LogP contribution is -2.24. The lowest BCUT2D eigenvalue weighted by molar-refractivity contribution is -0.119. The van der Waals surface area contributed by atoms with Gasteiger partial charge in [-0.25, -0.2) is 33.7 Å². The van der Waals surface area contributed by atoms with Gasteiger partial charge < -0.3 is 20.1 Å². The van der Waals surface area contributed by atoms with Crippen molar-refractivity contribution < 1.29 is 52.7 Å². The molecule has 0 radical (unpaired) electrons. The van der Waals surface area contributed by atoms with Gasteiger partial charge in [-0.2, -0.15) is 0 Å². The van der Waals surface area contributed by atoms with Crippen LogP contribution in [0.5, 0.6) is 0 Å². The van der Waals surface area contributed by atoms with Crippen molar-refractivity contribution in [2.75, 3.05) is 50.6 Å². The maximum Gasteiger partial charge on any atom is 0.234 e. The van der Waals surface area contributed by atoms with Crippen molar-refractivity contribution in [3.63, 3.8) is 0 Å².